The van der Waals surface area contributed by atoms with Gasteiger partial charge < -0.3 is 15.7 Å². The van der Waals surface area contributed by atoms with Gasteiger partial charge in [0.05, 0.1) is 6.54 Å². The van der Waals surface area contributed by atoms with Crippen LogP contribution in [0, 0.1) is 0 Å². The van der Waals surface area contributed by atoms with Gasteiger partial charge in [-0.15, -0.1) is 22.7 Å². The Hall–Kier alpha value is -1.70. The van der Waals surface area contributed by atoms with Crippen molar-refractivity contribution in [1.82, 2.24) is 10.6 Å². The normalized spacial score (nSPS) is 11.9. The Labute approximate surface area is 143 Å². The third-order valence-electron chi connectivity index (χ3n) is 3.41. The van der Waals surface area contributed by atoms with Crippen LogP contribution in [0.4, 0.5) is 0 Å². The van der Waals surface area contributed by atoms with Crippen LogP contribution in [0.15, 0.2) is 35.0 Å². The molecule has 0 aromatic carbocycles. The van der Waals surface area contributed by atoms with Gasteiger partial charge in [-0.05, 0) is 41.7 Å². The summed E-state index contributed by atoms with van der Waals surface area (Å²) in [7, 11) is 0. The Morgan fingerprint density at radius 1 is 1.04 bits per heavy atom. The minimum atomic E-state index is -0.617. The molecule has 0 saturated carbocycles. The largest absolute Gasteiger partial charge is 0.396 e. The van der Waals surface area contributed by atoms with E-state index in [-0.39, 0.29) is 12.5 Å². The van der Waals surface area contributed by atoms with Gasteiger partial charge in [-0.25, -0.2) is 0 Å². The van der Waals surface area contributed by atoms with Gasteiger partial charge in [-0.2, -0.15) is 0 Å². The number of hydrogen-bond donors (Lipinski definition) is 3. The zero-order valence-corrected chi connectivity index (χ0v) is 14.3. The molecule has 124 valence electrons. The molecule has 2 rings (SSSR count). The second-order valence-electron chi connectivity index (χ2n) is 5.03. The maximum absolute atomic E-state index is 11.8. The molecule has 1 atom stereocenters. The standard InChI is InChI=1S/C16H20N2O3S2/c19-8-6-12(14-4-2-10-23-14)5-7-17-15(20)16(21)18-11-13-3-1-9-22-13/h1-4,9-10,12,19H,5-8,11H2,(H,17,20)(H,18,21)/t12-/m0/s1. The first-order chi connectivity index (χ1) is 11.2. The highest BCUT2D eigenvalue weighted by Crippen LogP contribution is 2.26. The molecule has 0 aliphatic rings. The molecule has 0 spiro atoms. The van der Waals surface area contributed by atoms with Crippen LogP contribution in [0.1, 0.15) is 28.5 Å². The molecule has 0 aliphatic heterocycles. The van der Waals surface area contributed by atoms with Crippen molar-refractivity contribution >= 4 is 34.5 Å². The molecule has 7 heteroatoms. The molecule has 5 nitrogen and oxygen atoms in total. The lowest BCUT2D eigenvalue weighted by Crippen LogP contribution is -2.40. The molecule has 2 amide bonds. The Morgan fingerprint density at radius 3 is 2.43 bits per heavy atom. The van der Waals surface area contributed by atoms with Gasteiger partial charge in [0.25, 0.3) is 0 Å². The average molecular weight is 352 g/mol. The summed E-state index contributed by atoms with van der Waals surface area (Å²) in [6, 6.07) is 7.81. The molecule has 3 N–H and O–H groups in total. The van der Waals surface area contributed by atoms with E-state index in [9.17, 15) is 9.59 Å². The van der Waals surface area contributed by atoms with E-state index < -0.39 is 11.8 Å². The van der Waals surface area contributed by atoms with Crippen LogP contribution in [-0.4, -0.2) is 30.1 Å². The lowest BCUT2D eigenvalue weighted by molar-refractivity contribution is -0.139. The summed E-state index contributed by atoms with van der Waals surface area (Å²) in [5.74, 6) is -1.03. The Morgan fingerprint density at radius 2 is 1.78 bits per heavy atom. The highest BCUT2D eigenvalue weighted by Gasteiger charge is 2.15. The van der Waals surface area contributed by atoms with E-state index in [1.54, 1.807) is 11.3 Å². The monoisotopic (exact) mass is 352 g/mol. The zero-order chi connectivity index (χ0) is 16.5. The van der Waals surface area contributed by atoms with Crippen LogP contribution in [0.2, 0.25) is 0 Å². The van der Waals surface area contributed by atoms with Gasteiger partial charge in [0.2, 0.25) is 0 Å². The van der Waals surface area contributed by atoms with E-state index in [1.165, 1.54) is 16.2 Å². The maximum atomic E-state index is 11.8. The summed E-state index contributed by atoms with van der Waals surface area (Å²) in [5.41, 5.74) is 0. The Bertz CT molecular complexity index is 597. The lowest BCUT2D eigenvalue weighted by Gasteiger charge is -2.14. The minimum absolute atomic E-state index is 0.109. The summed E-state index contributed by atoms with van der Waals surface area (Å²) in [5, 5.41) is 18.3. The first-order valence-electron chi connectivity index (χ1n) is 7.43. The number of aliphatic hydroxyl groups excluding tert-OH is 1. The predicted octanol–water partition coefficient (Wildman–Crippen LogP) is 2.10. The van der Waals surface area contributed by atoms with Gasteiger partial charge >= 0.3 is 11.8 Å². The predicted molar refractivity (Wildman–Crippen MR) is 92.6 cm³/mol. The fourth-order valence-corrected chi connectivity index (χ4v) is 3.75. The van der Waals surface area contributed by atoms with Crippen molar-refractivity contribution < 1.29 is 14.7 Å². The molecule has 0 radical (unpaired) electrons. The number of aliphatic hydroxyl groups is 1. The first-order valence-corrected chi connectivity index (χ1v) is 9.19. The van der Waals surface area contributed by atoms with Crippen molar-refractivity contribution in [2.24, 2.45) is 0 Å². The molecule has 2 aromatic rings. The lowest BCUT2D eigenvalue weighted by atomic mass is 10.00. The third-order valence-corrected chi connectivity index (χ3v) is 5.32. The van der Waals surface area contributed by atoms with Crippen LogP contribution >= 0.6 is 22.7 Å². The minimum Gasteiger partial charge on any atom is -0.396 e. The second-order valence-corrected chi connectivity index (χ2v) is 7.04. The number of thiophene rings is 2. The molecule has 0 fully saturated rings. The van der Waals surface area contributed by atoms with E-state index in [1.807, 2.05) is 35.0 Å². The van der Waals surface area contributed by atoms with Crippen molar-refractivity contribution in [2.45, 2.75) is 25.3 Å². The molecule has 0 unspecified atom stereocenters. The maximum Gasteiger partial charge on any atom is 0.309 e. The number of rotatable bonds is 8. The van der Waals surface area contributed by atoms with E-state index in [4.69, 9.17) is 5.11 Å². The number of nitrogens with one attached hydrogen (secondary N) is 2. The average Bonchev–Trinajstić information content (AvgIpc) is 3.24. The molecule has 2 aromatic heterocycles. The van der Waals surface area contributed by atoms with Gasteiger partial charge in [0.1, 0.15) is 0 Å². The molecule has 23 heavy (non-hydrogen) atoms. The fraction of sp³-hybridized carbons (Fsp3) is 0.375. The van der Waals surface area contributed by atoms with Crippen LogP contribution in [-0.2, 0) is 16.1 Å². The van der Waals surface area contributed by atoms with Crippen LogP contribution < -0.4 is 10.6 Å². The summed E-state index contributed by atoms with van der Waals surface area (Å²) in [6.07, 6.45) is 1.35. The van der Waals surface area contributed by atoms with Crippen molar-refractivity contribution in [3.8, 4) is 0 Å². The number of hydrogen-bond acceptors (Lipinski definition) is 5. The summed E-state index contributed by atoms with van der Waals surface area (Å²) >= 11 is 3.17. The van der Waals surface area contributed by atoms with E-state index >= 15 is 0 Å². The zero-order valence-electron chi connectivity index (χ0n) is 12.7. The number of carbonyl (C=O) groups excluding carboxylic acids is 2. The first kappa shape index (κ1) is 17.7. The Kier molecular flexibility index (Phi) is 7.25. The van der Waals surface area contributed by atoms with Crippen molar-refractivity contribution in [1.29, 1.82) is 0 Å². The highest BCUT2D eigenvalue weighted by molar-refractivity contribution is 7.10. The van der Waals surface area contributed by atoms with Gasteiger partial charge in [0.15, 0.2) is 0 Å². The molecular weight excluding hydrogens is 332 g/mol. The number of carbonyl (C=O) groups is 2. The second kappa shape index (κ2) is 9.44. The summed E-state index contributed by atoms with van der Waals surface area (Å²) in [6.45, 7) is 0.887. The van der Waals surface area contributed by atoms with Gasteiger partial charge in [-0.3, -0.25) is 9.59 Å². The third kappa shape index (κ3) is 5.78. The van der Waals surface area contributed by atoms with Crippen molar-refractivity contribution in [3.05, 3.63) is 44.8 Å². The van der Waals surface area contributed by atoms with Crippen molar-refractivity contribution in [3.63, 3.8) is 0 Å². The van der Waals surface area contributed by atoms with Crippen LogP contribution in [0.25, 0.3) is 0 Å². The molecule has 0 aliphatic carbocycles. The smallest absolute Gasteiger partial charge is 0.309 e. The van der Waals surface area contributed by atoms with E-state index in [2.05, 4.69) is 10.6 Å². The van der Waals surface area contributed by atoms with Crippen LogP contribution in [0.5, 0.6) is 0 Å². The van der Waals surface area contributed by atoms with Gasteiger partial charge in [0, 0.05) is 22.9 Å². The Balaban J connectivity index is 1.71. The molecule has 0 saturated heterocycles. The number of amides is 2. The SMILES string of the molecule is O=C(NCC[C@@H](CCO)c1cccs1)C(=O)NCc1cccs1. The van der Waals surface area contributed by atoms with E-state index in [0.29, 0.717) is 25.9 Å². The van der Waals surface area contributed by atoms with E-state index in [0.717, 1.165) is 4.88 Å². The highest BCUT2D eigenvalue weighted by atomic mass is 32.1. The van der Waals surface area contributed by atoms with Crippen molar-refractivity contribution in [2.75, 3.05) is 13.2 Å². The molecule has 2 heterocycles. The van der Waals surface area contributed by atoms with Gasteiger partial charge in [-0.1, -0.05) is 12.1 Å². The quantitative estimate of drug-likeness (QED) is 0.637. The molecule has 0 bridgehead atoms. The fourth-order valence-electron chi connectivity index (χ4n) is 2.21. The molecular formula is C16H20N2O3S2. The summed E-state index contributed by atoms with van der Waals surface area (Å²) < 4.78 is 0. The topological polar surface area (TPSA) is 78.4 Å². The van der Waals surface area contributed by atoms with Crippen LogP contribution in [0.3, 0.4) is 0 Å². The summed E-state index contributed by atoms with van der Waals surface area (Å²) in [4.78, 5) is 25.7.